The maximum Gasteiger partial charge on any atom is 0.149 e. The van der Waals surface area contributed by atoms with Crippen molar-refractivity contribution in [2.75, 3.05) is 11.9 Å². The Morgan fingerprint density at radius 1 is 1.43 bits per heavy atom. The molecular formula is C10H10F2N2. The first kappa shape index (κ1) is 10.5. The summed E-state index contributed by atoms with van der Waals surface area (Å²) in [5, 5.41) is 8.62. The highest BCUT2D eigenvalue weighted by Crippen LogP contribution is 2.20. The minimum atomic E-state index is -0.658. The number of rotatable bonds is 2. The zero-order valence-electron chi connectivity index (χ0n) is 7.96. The Bertz CT molecular complexity index is 371. The summed E-state index contributed by atoms with van der Waals surface area (Å²) in [5.41, 5.74) is 0.223. The minimum absolute atomic E-state index is 0.223. The molecule has 0 saturated heterocycles. The Hall–Kier alpha value is -1.63. The molecule has 0 spiro atoms. The molecule has 0 amide bonds. The van der Waals surface area contributed by atoms with Crippen molar-refractivity contribution in [1.29, 1.82) is 5.26 Å². The molecule has 14 heavy (non-hydrogen) atoms. The van der Waals surface area contributed by atoms with E-state index in [-0.39, 0.29) is 5.69 Å². The quantitative estimate of drug-likeness (QED) is 0.725. The van der Waals surface area contributed by atoms with Crippen LogP contribution in [0.3, 0.4) is 0 Å². The molecule has 0 saturated carbocycles. The van der Waals surface area contributed by atoms with Gasteiger partial charge < -0.3 is 4.90 Å². The SMILES string of the molecule is CC(C#N)N(C)c1ccc(F)cc1F. The minimum Gasteiger partial charge on any atom is -0.357 e. The predicted octanol–water partition coefficient (Wildman–Crippen LogP) is 2.31. The van der Waals surface area contributed by atoms with E-state index in [1.165, 1.54) is 17.0 Å². The first-order chi connectivity index (χ1) is 6.56. The summed E-state index contributed by atoms with van der Waals surface area (Å²) in [7, 11) is 1.59. The summed E-state index contributed by atoms with van der Waals surface area (Å²) in [6.45, 7) is 1.64. The van der Waals surface area contributed by atoms with Gasteiger partial charge in [-0.3, -0.25) is 0 Å². The Labute approximate surface area is 81.4 Å². The van der Waals surface area contributed by atoms with Crippen molar-refractivity contribution >= 4 is 5.69 Å². The first-order valence-electron chi connectivity index (χ1n) is 4.13. The Morgan fingerprint density at radius 3 is 2.57 bits per heavy atom. The number of hydrogen-bond donors (Lipinski definition) is 0. The van der Waals surface area contributed by atoms with Crippen molar-refractivity contribution in [2.45, 2.75) is 13.0 Å². The van der Waals surface area contributed by atoms with E-state index in [1.54, 1.807) is 14.0 Å². The molecule has 0 fully saturated rings. The fourth-order valence-electron chi connectivity index (χ4n) is 1.06. The lowest BCUT2D eigenvalue weighted by atomic mass is 10.2. The molecule has 1 rings (SSSR count). The van der Waals surface area contributed by atoms with Gasteiger partial charge in [-0.15, -0.1) is 0 Å². The van der Waals surface area contributed by atoms with Crippen molar-refractivity contribution in [1.82, 2.24) is 0 Å². The molecule has 0 bridgehead atoms. The number of nitriles is 1. The van der Waals surface area contributed by atoms with E-state index in [0.29, 0.717) is 0 Å². The molecule has 1 unspecified atom stereocenters. The van der Waals surface area contributed by atoms with Gasteiger partial charge in [-0.2, -0.15) is 5.26 Å². The van der Waals surface area contributed by atoms with Crippen molar-refractivity contribution in [3.63, 3.8) is 0 Å². The van der Waals surface area contributed by atoms with Crippen LogP contribution in [0.5, 0.6) is 0 Å². The maximum absolute atomic E-state index is 13.2. The summed E-state index contributed by atoms with van der Waals surface area (Å²) in [6.07, 6.45) is 0. The lowest BCUT2D eigenvalue weighted by Crippen LogP contribution is -2.27. The van der Waals surface area contributed by atoms with Gasteiger partial charge in [-0.1, -0.05) is 0 Å². The second-order valence-electron chi connectivity index (χ2n) is 3.01. The average molecular weight is 196 g/mol. The largest absolute Gasteiger partial charge is 0.357 e. The molecule has 1 aromatic carbocycles. The van der Waals surface area contributed by atoms with Crippen LogP contribution in [0.15, 0.2) is 18.2 Å². The van der Waals surface area contributed by atoms with Crippen LogP contribution < -0.4 is 4.90 Å². The van der Waals surface area contributed by atoms with E-state index in [4.69, 9.17) is 5.26 Å². The van der Waals surface area contributed by atoms with E-state index < -0.39 is 17.7 Å². The first-order valence-corrected chi connectivity index (χ1v) is 4.13. The number of benzene rings is 1. The lowest BCUT2D eigenvalue weighted by Gasteiger charge is -2.21. The summed E-state index contributed by atoms with van der Waals surface area (Å²) in [5.74, 6) is -1.28. The molecule has 74 valence electrons. The van der Waals surface area contributed by atoms with Gasteiger partial charge in [0.25, 0.3) is 0 Å². The molecule has 0 aliphatic rings. The zero-order valence-corrected chi connectivity index (χ0v) is 7.96. The molecule has 0 aromatic heterocycles. The molecule has 0 aliphatic carbocycles. The van der Waals surface area contributed by atoms with Crippen molar-refractivity contribution < 1.29 is 8.78 Å². The second-order valence-corrected chi connectivity index (χ2v) is 3.01. The van der Waals surface area contributed by atoms with Crippen LogP contribution in [0.25, 0.3) is 0 Å². The van der Waals surface area contributed by atoms with Crippen molar-refractivity contribution in [3.8, 4) is 6.07 Å². The van der Waals surface area contributed by atoms with Crippen LogP contribution in [0, 0.1) is 23.0 Å². The lowest BCUT2D eigenvalue weighted by molar-refractivity contribution is 0.579. The van der Waals surface area contributed by atoms with Crippen LogP contribution in [-0.4, -0.2) is 13.1 Å². The van der Waals surface area contributed by atoms with Crippen LogP contribution >= 0.6 is 0 Å². The highest BCUT2D eigenvalue weighted by Gasteiger charge is 2.13. The van der Waals surface area contributed by atoms with Gasteiger partial charge in [0.2, 0.25) is 0 Å². The number of hydrogen-bond acceptors (Lipinski definition) is 2. The molecule has 1 atom stereocenters. The fourth-order valence-corrected chi connectivity index (χ4v) is 1.06. The molecular weight excluding hydrogens is 186 g/mol. The van der Waals surface area contributed by atoms with E-state index >= 15 is 0 Å². The van der Waals surface area contributed by atoms with Crippen LogP contribution in [-0.2, 0) is 0 Å². The Balaban J connectivity index is 3.03. The van der Waals surface area contributed by atoms with Crippen LogP contribution in [0.1, 0.15) is 6.92 Å². The van der Waals surface area contributed by atoms with E-state index in [9.17, 15) is 8.78 Å². The third-order valence-electron chi connectivity index (χ3n) is 2.06. The number of anilines is 1. The predicted molar refractivity (Wildman–Crippen MR) is 49.8 cm³/mol. The zero-order chi connectivity index (χ0) is 10.7. The molecule has 1 aromatic rings. The highest BCUT2D eigenvalue weighted by molar-refractivity contribution is 5.49. The fraction of sp³-hybridized carbons (Fsp3) is 0.300. The monoisotopic (exact) mass is 196 g/mol. The van der Waals surface area contributed by atoms with Crippen molar-refractivity contribution in [3.05, 3.63) is 29.8 Å². The topological polar surface area (TPSA) is 27.0 Å². The number of nitrogens with zero attached hydrogens (tertiary/aromatic N) is 2. The Morgan fingerprint density at radius 2 is 2.07 bits per heavy atom. The molecule has 0 heterocycles. The van der Waals surface area contributed by atoms with Crippen LogP contribution in [0.2, 0.25) is 0 Å². The highest BCUT2D eigenvalue weighted by atomic mass is 19.1. The maximum atomic E-state index is 13.2. The molecule has 0 aliphatic heterocycles. The summed E-state index contributed by atoms with van der Waals surface area (Å²) in [6, 6.07) is 4.81. The van der Waals surface area contributed by atoms with Gasteiger partial charge in [-0.05, 0) is 19.1 Å². The standard InChI is InChI=1S/C10H10F2N2/c1-7(6-13)14(2)10-4-3-8(11)5-9(10)12/h3-5,7H,1-2H3. The van der Waals surface area contributed by atoms with Gasteiger partial charge in [0.15, 0.2) is 0 Å². The van der Waals surface area contributed by atoms with Gasteiger partial charge in [0.1, 0.15) is 17.7 Å². The summed E-state index contributed by atoms with van der Waals surface area (Å²) < 4.78 is 25.8. The van der Waals surface area contributed by atoms with Crippen LogP contribution in [0.4, 0.5) is 14.5 Å². The van der Waals surface area contributed by atoms with E-state index in [2.05, 4.69) is 0 Å². The second kappa shape index (κ2) is 4.05. The van der Waals surface area contributed by atoms with Gasteiger partial charge >= 0.3 is 0 Å². The normalized spacial score (nSPS) is 11.9. The third kappa shape index (κ3) is 1.99. The molecule has 0 radical (unpaired) electrons. The molecule has 4 heteroatoms. The van der Waals surface area contributed by atoms with Gasteiger partial charge in [-0.25, -0.2) is 8.78 Å². The average Bonchev–Trinajstić information content (AvgIpc) is 2.15. The smallest absolute Gasteiger partial charge is 0.149 e. The number of halogens is 2. The third-order valence-corrected chi connectivity index (χ3v) is 2.06. The summed E-state index contributed by atoms with van der Waals surface area (Å²) >= 11 is 0. The summed E-state index contributed by atoms with van der Waals surface area (Å²) in [4.78, 5) is 1.45. The van der Waals surface area contributed by atoms with E-state index in [1.807, 2.05) is 6.07 Å². The van der Waals surface area contributed by atoms with Gasteiger partial charge in [0.05, 0.1) is 11.8 Å². The van der Waals surface area contributed by atoms with Gasteiger partial charge in [0, 0.05) is 13.1 Å². The van der Waals surface area contributed by atoms with Crippen molar-refractivity contribution in [2.24, 2.45) is 0 Å². The molecule has 2 nitrogen and oxygen atoms in total. The Kier molecular flexibility index (Phi) is 3.03. The molecule has 0 N–H and O–H groups in total. The van der Waals surface area contributed by atoms with E-state index in [0.717, 1.165) is 6.07 Å².